The van der Waals surface area contributed by atoms with Gasteiger partial charge in [0.05, 0.1) is 11.3 Å². The molecule has 3 aromatic rings. The number of amides is 2. The quantitative estimate of drug-likeness (QED) is 0.544. The topological polar surface area (TPSA) is 116 Å². The minimum absolute atomic E-state index is 0.253. The van der Waals surface area contributed by atoms with Gasteiger partial charge in [-0.2, -0.15) is 5.10 Å². The van der Waals surface area contributed by atoms with Crippen LogP contribution in [0.4, 0.5) is 5.00 Å². The lowest BCUT2D eigenvalue weighted by atomic mass is 9.95. The van der Waals surface area contributed by atoms with Gasteiger partial charge in [-0.3, -0.25) is 9.59 Å². The van der Waals surface area contributed by atoms with Crippen molar-refractivity contribution < 1.29 is 19.1 Å². The van der Waals surface area contributed by atoms with Crippen molar-refractivity contribution in [2.75, 3.05) is 11.9 Å². The highest BCUT2D eigenvalue weighted by atomic mass is 32.1. The predicted molar refractivity (Wildman–Crippen MR) is 124 cm³/mol. The van der Waals surface area contributed by atoms with Gasteiger partial charge < -0.3 is 15.8 Å². The number of benzene rings is 1. The number of anilines is 1. The molecule has 2 amide bonds. The van der Waals surface area contributed by atoms with Crippen LogP contribution < -0.4 is 11.1 Å². The third-order valence-corrected chi connectivity index (χ3v) is 7.34. The molecule has 2 aliphatic rings. The number of ether oxygens (including phenoxy) is 1. The Balaban J connectivity index is 1.29. The fraction of sp³-hybridized carbons (Fsp3) is 0.333. The van der Waals surface area contributed by atoms with Gasteiger partial charge >= 0.3 is 5.97 Å². The first-order valence-electron chi connectivity index (χ1n) is 11.1. The number of hydrogen-bond donors (Lipinski definition) is 2. The minimum Gasteiger partial charge on any atom is -0.451 e. The Morgan fingerprint density at radius 3 is 2.58 bits per heavy atom. The molecular weight excluding hydrogens is 440 g/mol. The number of aromatic nitrogens is 2. The highest BCUT2D eigenvalue weighted by Gasteiger charge is 2.29. The summed E-state index contributed by atoms with van der Waals surface area (Å²) in [5.41, 5.74) is 9.92. The van der Waals surface area contributed by atoms with Crippen LogP contribution in [-0.2, 0) is 35.2 Å². The van der Waals surface area contributed by atoms with Crippen molar-refractivity contribution >= 4 is 34.1 Å². The van der Waals surface area contributed by atoms with Crippen LogP contribution in [0.2, 0.25) is 0 Å². The molecule has 0 saturated heterocycles. The molecule has 0 aliphatic heterocycles. The van der Waals surface area contributed by atoms with E-state index in [0.29, 0.717) is 10.6 Å². The summed E-state index contributed by atoms with van der Waals surface area (Å²) in [4.78, 5) is 38.4. The number of nitrogens with zero attached hydrogens (tertiary/aromatic N) is 2. The van der Waals surface area contributed by atoms with Crippen molar-refractivity contribution in [1.29, 1.82) is 0 Å². The van der Waals surface area contributed by atoms with Crippen molar-refractivity contribution in [2.45, 2.75) is 44.9 Å². The van der Waals surface area contributed by atoms with Gasteiger partial charge in [-0.15, -0.1) is 11.3 Å². The Morgan fingerprint density at radius 1 is 1.03 bits per heavy atom. The molecule has 0 bridgehead atoms. The maximum absolute atomic E-state index is 12.8. The lowest BCUT2D eigenvalue weighted by molar-refractivity contribution is -0.119. The molecule has 2 heterocycles. The third-order valence-electron chi connectivity index (χ3n) is 6.13. The van der Waals surface area contributed by atoms with Crippen molar-refractivity contribution in [3.63, 3.8) is 0 Å². The van der Waals surface area contributed by atoms with Crippen LogP contribution in [0.1, 0.15) is 61.8 Å². The molecular formula is C24H24N4O4S. The summed E-state index contributed by atoms with van der Waals surface area (Å²) >= 11 is 1.38. The number of thiophene rings is 1. The molecule has 33 heavy (non-hydrogen) atoms. The number of esters is 1. The highest BCUT2D eigenvalue weighted by molar-refractivity contribution is 7.17. The van der Waals surface area contributed by atoms with Crippen LogP contribution in [0.5, 0.6) is 0 Å². The number of rotatable bonds is 6. The number of fused-ring (bicyclic) bond motifs is 2. The van der Waals surface area contributed by atoms with E-state index in [4.69, 9.17) is 10.5 Å². The van der Waals surface area contributed by atoms with E-state index in [9.17, 15) is 14.4 Å². The number of primary amides is 1. The number of carbonyl (C=O) groups is 3. The number of hydrogen-bond acceptors (Lipinski definition) is 6. The number of nitrogens with one attached hydrogen (secondary N) is 1. The maximum atomic E-state index is 12.8. The molecule has 3 N–H and O–H groups in total. The first-order chi connectivity index (χ1) is 16.0. The summed E-state index contributed by atoms with van der Waals surface area (Å²) in [5.74, 6) is -1.69. The van der Waals surface area contributed by atoms with E-state index in [-0.39, 0.29) is 5.69 Å². The van der Waals surface area contributed by atoms with Crippen LogP contribution in [0.25, 0.3) is 5.69 Å². The fourth-order valence-corrected chi connectivity index (χ4v) is 5.97. The molecule has 0 radical (unpaired) electrons. The van der Waals surface area contributed by atoms with Crippen LogP contribution in [-0.4, -0.2) is 34.2 Å². The second-order valence-corrected chi connectivity index (χ2v) is 9.38. The molecule has 9 heteroatoms. The van der Waals surface area contributed by atoms with Gasteiger partial charge in [-0.05, 0) is 62.6 Å². The molecule has 170 valence electrons. The minimum atomic E-state index is -0.626. The van der Waals surface area contributed by atoms with Crippen LogP contribution >= 0.6 is 11.3 Å². The largest absolute Gasteiger partial charge is 0.451 e. The van der Waals surface area contributed by atoms with E-state index in [1.54, 1.807) is 4.68 Å². The van der Waals surface area contributed by atoms with Crippen molar-refractivity contribution in [3.05, 3.63) is 63.3 Å². The van der Waals surface area contributed by atoms with E-state index in [1.165, 1.54) is 11.3 Å². The zero-order valence-corrected chi connectivity index (χ0v) is 18.9. The third kappa shape index (κ3) is 4.04. The van der Waals surface area contributed by atoms with Gasteiger partial charge in [-0.1, -0.05) is 18.2 Å². The smallest absolute Gasteiger partial charge is 0.359 e. The summed E-state index contributed by atoms with van der Waals surface area (Å²) < 4.78 is 7.09. The number of para-hydroxylation sites is 1. The van der Waals surface area contributed by atoms with Gasteiger partial charge in [0.15, 0.2) is 12.3 Å². The zero-order chi connectivity index (χ0) is 22.9. The first kappa shape index (κ1) is 21.4. The van der Waals surface area contributed by atoms with E-state index in [1.807, 2.05) is 30.3 Å². The molecule has 0 saturated carbocycles. The van der Waals surface area contributed by atoms with E-state index in [0.717, 1.165) is 72.3 Å². The Morgan fingerprint density at radius 2 is 1.79 bits per heavy atom. The Bertz CT molecular complexity index is 1250. The normalized spacial score (nSPS) is 14.4. The summed E-state index contributed by atoms with van der Waals surface area (Å²) in [6.07, 6.45) is 6.24. The van der Waals surface area contributed by atoms with Crippen LogP contribution in [0.3, 0.4) is 0 Å². The van der Waals surface area contributed by atoms with Gasteiger partial charge in [0.1, 0.15) is 5.00 Å². The number of aryl methyl sites for hydroxylation is 1. The van der Waals surface area contributed by atoms with Gasteiger partial charge in [0, 0.05) is 16.1 Å². The molecule has 0 unspecified atom stereocenters. The summed E-state index contributed by atoms with van der Waals surface area (Å²) in [5, 5.41) is 7.65. The molecule has 5 rings (SSSR count). The standard InChI is InChI=1S/C24H24N4O4S/c25-22(30)20-16-9-4-5-12-18(16)33-23(20)26-19(29)13-32-24(31)21-15-10-6-11-17(15)28(27-21)14-7-2-1-3-8-14/h1-3,7-8H,4-6,9-13H2,(H2,25,30)(H,26,29). The summed E-state index contributed by atoms with van der Waals surface area (Å²) in [7, 11) is 0. The summed E-state index contributed by atoms with van der Waals surface area (Å²) in [6, 6.07) is 9.64. The Labute approximate surface area is 194 Å². The maximum Gasteiger partial charge on any atom is 0.359 e. The van der Waals surface area contributed by atoms with Gasteiger partial charge in [0.25, 0.3) is 11.8 Å². The number of nitrogens with two attached hydrogens (primary N) is 1. The molecule has 0 atom stereocenters. The molecule has 0 spiro atoms. The van der Waals surface area contributed by atoms with Gasteiger partial charge in [0.2, 0.25) is 0 Å². The average molecular weight is 465 g/mol. The zero-order valence-electron chi connectivity index (χ0n) is 18.1. The molecule has 1 aromatic carbocycles. The molecule has 8 nitrogen and oxygen atoms in total. The molecule has 0 fully saturated rings. The lowest BCUT2D eigenvalue weighted by Gasteiger charge is -2.11. The number of carbonyl (C=O) groups excluding carboxylic acids is 3. The first-order valence-corrected chi connectivity index (χ1v) is 11.9. The van der Waals surface area contributed by atoms with Crippen molar-refractivity contribution in [1.82, 2.24) is 9.78 Å². The van der Waals surface area contributed by atoms with Crippen molar-refractivity contribution in [3.8, 4) is 5.69 Å². The SMILES string of the molecule is NC(=O)c1c(NC(=O)COC(=O)c2nn(-c3ccccc3)c3c2CCC3)sc2c1CCCC2. The van der Waals surface area contributed by atoms with Crippen molar-refractivity contribution in [2.24, 2.45) is 5.73 Å². The Kier molecular flexibility index (Phi) is 5.72. The lowest BCUT2D eigenvalue weighted by Crippen LogP contribution is -2.23. The second-order valence-electron chi connectivity index (χ2n) is 8.28. The van der Waals surface area contributed by atoms with Gasteiger partial charge in [-0.25, -0.2) is 9.48 Å². The molecule has 2 aromatic heterocycles. The second kappa shape index (κ2) is 8.82. The highest BCUT2D eigenvalue weighted by Crippen LogP contribution is 2.38. The van der Waals surface area contributed by atoms with E-state index in [2.05, 4.69) is 10.4 Å². The predicted octanol–water partition coefficient (Wildman–Crippen LogP) is 3.20. The summed E-state index contributed by atoms with van der Waals surface area (Å²) in [6.45, 7) is -0.466. The Hall–Kier alpha value is -3.46. The van der Waals surface area contributed by atoms with Crippen LogP contribution in [0, 0.1) is 0 Å². The molecule has 2 aliphatic carbocycles. The monoisotopic (exact) mass is 464 g/mol. The average Bonchev–Trinajstić information content (AvgIpc) is 3.51. The van der Waals surface area contributed by atoms with E-state index < -0.39 is 24.4 Å². The fourth-order valence-electron chi connectivity index (χ4n) is 4.66. The van der Waals surface area contributed by atoms with Crippen LogP contribution in [0.15, 0.2) is 30.3 Å². The van der Waals surface area contributed by atoms with E-state index >= 15 is 0 Å².